The molecule has 4 nitrogen and oxygen atoms in total. The van der Waals surface area contributed by atoms with Gasteiger partial charge in [-0.05, 0) is 31.2 Å². The molecule has 0 spiro atoms. The van der Waals surface area contributed by atoms with Gasteiger partial charge in [0, 0.05) is 11.6 Å². The predicted molar refractivity (Wildman–Crippen MR) is 74.2 cm³/mol. The Morgan fingerprint density at radius 3 is 2.83 bits per heavy atom. The van der Waals surface area contributed by atoms with E-state index in [2.05, 4.69) is 10.1 Å². The van der Waals surface area contributed by atoms with E-state index in [0.717, 1.165) is 29.3 Å². The summed E-state index contributed by atoms with van der Waals surface area (Å²) in [6.07, 6.45) is 1.01. The fraction of sp³-hybridized carbons (Fsp3) is 0.385. The Balaban J connectivity index is 1.87. The standard InChI is InChI=1S/C13H17N3OS/c1-10(14)7-8-18-9-12-15-13(17-16-12)11-5-3-2-4-6-11/h2-6,10H,7-9,14H2,1H3. The first kappa shape index (κ1) is 13.1. The van der Waals surface area contributed by atoms with E-state index in [1.54, 1.807) is 11.8 Å². The topological polar surface area (TPSA) is 64.9 Å². The van der Waals surface area contributed by atoms with Crippen molar-refractivity contribution in [2.24, 2.45) is 5.73 Å². The van der Waals surface area contributed by atoms with E-state index in [1.807, 2.05) is 37.3 Å². The fourth-order valence-corrected chi connectivity index (χ4v) is 2.43. The molecule has 0 saturated heterocycles. The van der Waals surface area contributed by atoms with Crippen LogP contribution in [0.2, 0.25) is 0 Å². The van der Waals surface area contributed by atoms with Gasteiger partial charge in [-0.1, -0.05) is 23.4 Å². The molecule has 2 N–H and O–H groups in total. The maximum Gasteiger partial charge on any atom is 0.257 e. The molecule has 0 bridgehead atoms. The largest absolute Gasteiger partial charge is 0.334 e. The molecule has 1 heterocycles. The lowest BCUT2D eigenvalue weighted by molar-refractivity contribution is 0.425. The third-order valence-electron chi connectivity index (χ3n) is 2.44. The van der Waals surface area contributed by atoms with Crippen LogP contribution < -0.4 is 5.73 Å². The van der Waals surface area contributed by atoms with Crippen LogP contribution in [0.3, 0.4) is 0 Å². The third-order valence-corrected chi connectivity index (χ3v) is 3.42. The SMILES string of the molecule is CC(N)CCSCc1noc(-c2ccccc2)n1. The first-order valence-electron chi connectivity index (χ1n) is 5.97. The lowest BCUT2D eigenvalue weighted by atomic mass is 10.2. The minimum absolute atomic E-state index is 0.252. The summed E-state index contributed by atoms with van der Waals surface area (Å²) in [6.45, 7) is 2.02. The fourth-order valence-electron chi connectivity index (χ4n) is 1.44. The number of rotatable bonds is 6. The summed E-state index contributed by atoms with van der Waals surface area (Å²) in [5.41, 5.74) is 6.64. The number of hydrogen-bond acceptors (Lipinski definition) is 5. The van der Waals surface area contributed by atoms with Crippen molar-refractivity contribution in [1.29, 1.82) is 0 Å². The van der Waals surface area contributed by atoms with E-state index >= 15 is 0 Å². The minimum Gasteiger partial charge on any atom is -0.334 e. The molecule has 2 aromatic rings. The molecular formula is C13H17N3OS. The second-order valence-electron chi connectivity index (χ2n) is 4.20. The Bertz CT molecular complexity index is 470. The van der Waals surface area contributed by atoms with Crippen LogP contribution in [0.15, 0.2) is 34.9 Å². The Hall–Kier alpha value is -1.33. The van der Waals surface area contributed by atoms with Crippen LogP contribution in [-0.2, 0) is 5.75 Å². The zero-order valence-electron chi connectivity index (χ0n) is 10.4. The average molecular weight is 263 g/mol. The molecular weight excluding hydrogens is 246 g/mol. The molecule has 18 heavy (non-hydrogen) atoms. The van der Waals surface area contributed by atoms with E-state index in [1.165, 1.54) is 0 Å². The second kappa shape index (κ2) is 6.56. The lowest BCUT2D eigenvalue weighted by Crippen LogP contribution is -2.15. The first-order valence-corrected chi connectivity index (χ1v) is 7.12. The van der Waals surface area contributed by atoms with Gasteiger partial charge in [-0.25, -0.2) is 0 Å². The number of nitrogens with zero attached hydrogens (tertiary/aromatic N) is 2. The summed E-state index contributed by atoms with van der Waals surface area (Å²) in [7, 11) is 0. The Labute approximate surface area is 111 Å². The van der Waals surface area contributed by atoms with Crippen LogP contribution in [0, 0.1) is 0 Å². The van der Waals surface area contributed by atoms with Gasteiger partial charge >= 0.3 is 0 Å². The van der Waals surface area contributed by atoms with Gasteiger partial charge in [0.1, 0.15) is 0 Å². The maximum atomic E-state index is 5.69. The lowest BCUT2D eigenvalue weighted by Gasteiger charge is -2.02. The van der Waals surface area contributed by atoms with Crippen molar-refractivity contribution in [1.82, 2.24) is 10.1 Å². The normalized spacial score (nSPS) is 12.6. The Morgan fingerprint density at radius 2 is 2.11 bits per heavy atom. The molecule has 0 fully saturated rings. The van der Waals surface area contributed by atoms with E-state index in [-0.39, 0.29) is 6.04 Å². The Morgan fingerprint density at radius 1 is 1.33 bits per heavy atom. The van der Waals surface area contributed by atoms with Crippen LogP contribution in [0.25, 0.3) is 11.5 Å². The minimum atomic E-state index is 0.252. The Kier molecular flexibility index (Phi) is 4.78. The second-order valence-corrected chi connectivity index (χ2v) is 5.31. The number of thioether (sulfide) groups is 1. The van der Waals surface area contributed by atoms with Crippen molar-refractivity contribution in [3.63, 3.8) is 0 Å². The third kappa shape index (κ3) is 3.85. The van der Waals surface area contributed by atoms with Crippen LogP contribution >= 0.6 is 11.8 Å². The highest BCUT2D eigenvalue weighted by atomic mass is 32.2. The monoisotopic (exact) mass is 263 g/mol. The zero-order chi connectivity index (χ0) is 12.8. The molecule has 2 rings (SSSR count). The molecule has 0 amide bonds. The van der Waals surface area contributed by atoms with Crippen molar-refractivity contribution >= 4 is 11.8 Å². The van der Waals surface area contributed by atoms with E-state index in [0.29, 0.717) is 5.89 Å². The van der Waals surface area contributed by atoms with Crippen LogP contribution in [-0.4, -0.2) is 21.9 Å². The molecule has 1 aromatic carbocycles. The van der Waals surface area contributed by atoms with Gasteiger partial charge < -0.3 is 10.3 Å². The number of benzene rings is 1. The molecule has 1 atom stereocenters. The predicted octanol–water partition coefficient (Wildman–Crippen LogP) is 2.71. The summed E-state index contributed by atoms with van der Waals surface area (Å²) in [4.78, 5) is 4.37. The van der Waals surface area contributed by atoms with Crippen molar-refractivity contribution < 1.29 is 4.52 Å². The molecule has 0 aliphatic rings. The summed E-state index contributed by atoms with van der Waals surface area (Å²) in [5, 5.41) is 3.97. The van der Waals surface area contributed by atoms with Crippen LogP contribution in [0.1, 0.15) is 19.2 Å². The van der Waals surface area contributed by atoms with Gasteiger partial charge in [0.25, 0.3) is 5.89 Å². The van der Waals surface area contributed by atoms with Crippen molar-refractivity contribution in [2.45, 2.75) is 25.1 Å². The van der Waals surface area contributed by atoms with E-state index in [4.69, 9.17) is 10.3 Å². The van der Waals surface area contributed by atoms with Crippen LogP contribution in [0.5, 0.6) is 0 Å². The van der Waals surface area contributed by atoms with Gasteiger partial charge in [-0.2, -0.15) is 16.7 Å². The van der Waals surface area contributed by atoms with Crippen molar-refractivity contribution in [3.8, 4) is 11.5 Å². The quantitative estimate of drug-likeness (QED) is 0.812. The molecule has 0 aliphatic heterocycles. The highest BCUT2D eigenvalue weighted by molar-refractivity contribution is 7.98. The zero-order valence-corrected chi connectivity index (χ0v) is 11.2. The molecule has 5 heteroatoms. The maximum absolute atomic E-state index is 5.69. The molecule has 0 saturated carbocycles. The summed E-state index contributed by atoms with van der Waals surface area (Å²) < 4.78 is 5.23. The molecule has 0 radical (unpaired) electrons. The van der Waals surface area contributed by atoms with Gasteiger partial charge in [-0.15, -0.1) is 0 Å². The van der Waals surface area contributed by atoms with Crippen molar-refractivity contribution in [3.05, 3.63) is 36.2 Å². The number of hydrogen-bond donors (Lipinski definition) is 1. The smallest absolute Gasteiger partial charge is 0.257 e. The first-order chi connectivity index (χ1) is 8.75. The molecule has 0 aliphatic carbocycles. The number of aromatic nitrogens is 2. The summed E-state index contributed by atoms with van der Waals surface area (Å²) in [5.74, 6) is 3.11. The van der Waals surface area contributed by atoms with Crippen LogP contribution in [0.4, 0.5) is 0 Å². The van der Waals surface area contributed by atoms with E-state index < -0.39 is 0 Å². The highest BCUT2D eigenvalue weighted by Crippen LogP contribution is 2.18. The van der Waals surface area contributed by atoms with Gasteiger partial charge in [0.05, 0.1) is 5.75 Å². The summed E-state index contributed by atoms with van der Waals surface area (Å²) >= 11 is 1.78. The van der Waals surface area contributed by atoms with Gasteiger partial charge in [0.15, 0.2) is 5.82 Å². The average Bonchev–Trinajstić information content (AvgIpc) is 2.84. The summed E-state index contributed by atoms with van der Waals surface area (Å²) in [6, 6.07) is 10.0. The number of nitrogens with two attached hydrogens (primary N) is 1. The molecule has 96 valence electrons. The molecule has 1 unspecified atom stereocenters. The van der Waals surface area contributed by atoms with Gasteiger partial charge in [-0.3, -0.25) is 0 Å². The van der Waals surface area contributed by atoms with Crippen molar-refractivity contribution in [2.75, 3.05) is 5.75 Å². The van der Waals surface area contributed by atoms with E-state index in [9.17, 15) is 0 Å². The molecule has 1 aromatic heterocycles. The highest BCUT2D eigenvalue weighted by Gasteiger charge is 2.08. The van der Waals surface area contributed by atoms with Gasteiger partial charge in [0.2, 0.25) is 0 Å².